The van der Waals surface area contributed by atoms with Crippen LogP contribution in [0.4, 0.5) is 8.78 Å². The van der Waals surface area contributed by atoms with Crippen molar-refractivity contribution in [3.63, 3.8) is 0 Å². The average Bonchev–Trinajstić information content (AvgIpc) is 1.60. The minimum atomic E-state index is -3.71. The lowest BCUT2D eigenvalue weighted by Crippen LogP contribution is -2.28. The Morgan fingerprint density at radius 2 is 1.80 bits per heavy atom. The maximum Gasteiger partial charge on any atom is 0.253 e. The maximum atomic E-state index is 11.5. The summed E-state index contributed by atoms with van der Waals surface area (Å²) in [7, 11) is -1.27. The van der Waals surface area contributed by atoms with E-state index >= 15 is 0 Å². The molecule has 0 aliphatic rings. The summed E-state index contributed by atoms with van der Waals surface area (Å²) in [6, 6.07) is 0. The van der Waals surface area contributed by atoms with Crippen LogP contribution >= 0.6 is 0 Å². The van der Waals surface area contributed by atoms with Crippen LogP contribution in [0.2, 0.25) is 0 Å². The minimum absolute atomic E-state index is 0.777. The van der Waals surface area contributed by atoms with Crippen LogP contribution in [-0.4, -0.2) is 39.0 Å². The van der Waals surface area contributed by atoms with Crippen LogP contribution < -0.4 is 0 Å². The summed E-state index contributed by atoms with van der Waals surface area (Å²) in [5, 5.41) is 0. The molecule has 0 aliphatic heterocycles. The fourth-order valence-electron chi connectivity index (χ4n) is 0.308. The quantitative estimate of drug-likeness (QED) is 0.609. The van der Waals surface area contributed by atoms with Gasteiger partial charge in [0.05, 0.1) is 0 Å². The van der Waals surface area contributed by atoms with E-state index in [-0.39, 0.29) is 0 Å². The van der Waals surface area contributed by atoms with Crippen molar-refractivity contribution in [2.24, 2.45) is 0 Å². The molecule has 0 spiro atoms. The Kier molecular flexibility index (Phi) is 3.17. The first-order chi connectivity index (χ1) is 4.36. The van der Waals surface area contributed by atoms with Gasteiger partial charge in [0, 0.05) is 14.1 Å². The van der Waals surface area contributed by atoms with Gasteiger partial charge in [-0.1, -0.05) is 0 Å². The van der Waals surface area contributed by atoms with Crippen molar-refractivity contribution in [1.82, 2.24) is 4.31 Å². The van der Waals surface area contributed by atoms with E-state index in [4.69, 9.17) is 0 Å². The van der Waals surface area contributed by atoms with Crippen LogP contribution in [0.15, 0.2) is 0 Å². The van der Waals surface area contributed by atoms with E-state index in [1.807, 2.05) is 0 Å². The molecule has 62 valence electrons. The molecule has 0 radical (unpaired) electrons. The average molecular weight is 173 g/mol. The molecule has 0 amide bonds. The third kappa shape index (κ3) is 3.07. The summed E-state index contributed by atoms with van der Waals surface area (Å²) in [5.41, 5.74) is 0. The molecule has 0 atom stereocenters. The molecule has 0 fully saturated rings. The molecule has 6 heteroatoms. The van der Waals surface area contributed by atoms with Crippen molar-refractivity contribution in [2.75, 3.05) is 19.8 Å². The van der Waals surface area contributed by atoms with Gasteiger partial charge in [0.2, 0.25) is 10.0 Å². The summed E-state index contributed by atoms with van der Waals surface area (Å²) < 4.78 is 44.9. The van der Waals surface area contributed by atoms with Crippen molar-refractivity contribution >= 4 is 10.0 Å². The summed E-state index contributed by atoms with van der Waals surface area (Å²) in [6.07, 6.45) is -2.80. The Morgan fingerprint density at radius 1 is 1.40 bits per heavy atom. The molecule has 0 aromatic heterocycles. The first-order valence-corrected chi connectivity index (χ1v) is 4.15. The number of rotatable bonds is 3. The molecule has 0 aliphatic carbocycles. The molecule has 0 aromatic rings. The van der Waals surface area contributed by atoms with Crippen LogP contribution in [0.5, 0.6) is 0 Å². The third-order valence-corrected chi connectivity index (χ3v) is 2.68. The second kappa shape index (κ2) is 3.25. The van der Waals surface area contributed by atoms with Crippen molar-refractivity contribution in [1.29, 1.82) is 0 Å². The highest BCUT2D eigenvalue weighted by atomic mass is 32.2. The first kappa shape index (κ1) is 9.77. The van der Waals surface area contributed by atoms with E-state index in [1.54, 1.807) is 0 Å². The van der Waals surface area contributed by atoms with Crippen LogP contribution in [0.3, 0.4) is 0 Å². The highest BCUT2D eigenvalue weighted by Gasteiger charge is 2.19. The highest BCUT2D eigenvalue weighted by Crippen LogP contribution is 2.01. The van der Waals surface area contributed by atoms with Crippen LogP contribution in [0.1, 0.15) is 0 Å². The second-order valence-electron chi connectivity index (χ2n) is 1.95. The summed E-state index contributed by atoms with van der Waals surface area (Å²) in [6.45, 7) is 0. The van der Waals surface area contributed by atoms with E-state index < -0.39 is 22.2 Å². The normalized spacial score (nSPS) is 13.0. The number of sulfonamides is 1. The number of nitrogens with zero attached hydrogens (tertiary/aromatic N) is 1. The molecule has 0 rings (SSSR count). The van der Waals surface area contributed by atoms with E-state index in [1.165, 1.54) is 14.1 Å². The Hall–Kier alpha value is -0.230. The van der Waals surface area contributed by atoms with E-state index in [0.29, 0.717) is 0 Å². The van der Waals surface area contributed by atoms with E-state index in [0.717, 1.165) is 4.31 Å². The molecule has 10 heavy (non-hydrogen) atoms. The van der Waals surface area contributed by atoms with Crippen molar-refractivity contribution in [3.05, 3.63) is 0 Å². The molecular weight excluding hydrogens is 164 g/mol. The number of hydrogen-bond donors (Lipinski definition) is 0. The highest BCUT2D eigenvalue weighted by molar-refractivity contribution is 7.89. The lowest BCUT2D eigenvalue weighted by atomic mass is 10.9. The summed E-state index contributed by atoms with van der Waals surface area (Å²) in [4.78, 5) is 0. The Bertz CT molecular complexity index is 187. The lowest BCUT2D eigenvalue weighted by molar-refractivity contribution is 0.173. The van der Waals surface area contributed by atoms with Gasteiger partial charge in [-0.2, -0.15) is 0 Å². The molecule has 0 N–H and O–H groups in total. The van der Waals surface area contributed by atoms with Gasteiger partial charge < -0.3 is 0 Å². The lowest BCUT2D eigenvalue weighted by Gasteiger charge is -2.09. The SMILES string of the molecule is CN(C)S(=O)(=O)CC(F)F. The largest absolute Gasteiger partial charge is 0.253 e. The van der Waals surface area contributed by atoms with Gasteiger partial charge in [0.25, 0.3) is 6.43 Å². The van der Waals surface area contributed by atoms with Gasteiger partial charge in [-0.15, -0.1) is 0 Å². The van der Waals surface area contributed by atoms with Crippen LogP contribution in [0.25, 0.3) is 0 Å². The summed E-state index contributed by atoms with van der Waals surface area (Å²) >= 11 is 0. The number of hydrogen-bond acceptors (Lipinski definition) is 2. The van der Waals surface area contributed by atoms with Gasteiger partial charge >= 0.3 is 0 Å². The van der Waals surface area contributed by atoms with Crippen molar-refractivity contribution in [3.8, 4) is 0 Å². The molecular formula is C4H9F2NO2S. The van der Waals surface area contributed by atoms with Crippen LogP contribution in [0, 0.1) is 0 Å². The fraction of sp³-hybridized carbons (Fsp3) is 1.00. The first-order valence-electron chi connectivity index (χ1n) is 2.54. The molecule has 0 saturated carbocycles. The number of alkyl halides is 2. The van der Waals surface area contributed by atoms with Crippen molar-refractivity contribution in [2.45, 2.75) is 6.43 Å². The number of halogens is 2. The minimum Gasteiger partial charge on any atom is -0.212 e. The molecule has 0 saturated heterocycles. The summed E-state index contributed by atoms with van der Waals surface area (Å²) in [5.74, 6) is -1.10. The third-order valence-electron chi connectivity index (χ3n) is 0.893. The van der Waals surface area contributed by atoms with Gasteiger partial charge in [-0.3, -0.25) is 0 Å². The van der Waals surface area contributed by atoms with Gasteiger partial charge in [-0.05, 0) is 0 Å². The maximum absolute atomic E-state index is 11.5. The smallest absolute Gasteiger partial charge is 0.212 e. The second-order valence-corrected chi connectivity index (χ2v) is 4.18. The Balaban J connectivity index is 4.16. The van der Waals surface area contributed by atoms with Gasteiger partial charge in [0.1, 0.15) is 5.75 Å². The molecule has 0 aromatic carbocycles. The zero-order valence-electron chi connectivity index (χ0n) is 5.71. The molecule has 0 bridgehead atoms. The topological polar surface area (TPSA) is 37.4 Å². The van der Waals surface area contributed by atoms with E-state index in [9.17, 15) is 17.2 Å². The molecule has 0 unspecified atom stereocenters. The van der Waals surface area contributed by atoms with E-state index in [2.05, 4.69) is 0 Å². The monoisotopic (exact) mass is 173 g/mol. The van der Waals surface area contributed by atoms with Crippen LogP contribution in [-0.2, 0) is 10.0 Å². The van der Waals surface area contributed by atoms with Gasteiger partial charge in [0.15, 0.2) is 0 Å². The molecule has 3 nitrogen and oxygen atoms in total. The Morgan fingerprint density at radius 3 is 1.90 bits per heavy atom. The zero-order chi connectivity index (χ0) is 8.36. The standard InChI is InChI=1S/C4H9F2NO2S/c1-7(2)10(8,9)3-4(5)6/h4H,3H2,1-2H3. The predicted octanol–water partition coefficient (Wildman–Crippen LogP) is 0.143. The fourth-order valence-corrected chi connectivity index (χ4v) is 0.925. The zero-order valence-corrected chi connectivity index (χ0v) is 6.53. The molecule has 0 heterocycles. The van der Waals surface area contributed by atoms with Crippen molar-refractivity contribution < 1.29 is 17.2 Å². The Labute approximate surface area is 58.7 Å². The predicted molar refractivity (Wildman–Crippen MR) is 33.5 cm³/mol. The van der Waals surface area contributed by atoms with Gasteiger partial charge in [-0.25, -0.2) is 21.5 Å².